The molecule has 0 aromatic carbocycles. The molecule has 0 spiro atoms. The second-order valence-electron chi connectivity index (χ2n) is 6.83. The van der Waals surface area contributed by atoms with Crippen molar-refractivity contribution in [3.63, 3.8) is 0 Å². The number of amides is 1. The third kappa shape index (κ3) is 3.34. The van der Waals surface area contributed by atoms with Crippen LogP contribution in [0.25, 0.3) is 0 Å². The van der Waals surface area contributed by atoms with E-state index in [-0.39, 0.29) is 17.9 Å². The molecule has 0 radical (unpaired) electrons. The standard InChI is InChI=1S/C16H25N3O2S/c1-18(2)15(20)10-21-12-16-5-3-4-13(16)8-19(11-16)9-14-17-6-7-22-14/h6-7,13H,3-5,8-12H2,1-2H3/t13-,16+/m1/s1. The first-order chi connectivity index (χ1) is 10.6. The molecule has 2 atom stereocenters. The molecule has 1 saturated carbocycles. The van der Waals surface area contributed by atoms with Crippen molar-refractivity contribution in [1.29, 1.82) is 0 Å². The summed E-state index contributed by atoms with van der Waals surface area (Å²) in [6.45, 7) is 4.09. The third-order valence-electron chi connectivity index (χ3n) is 5.07. The van der Waals surface area contributed by atoms with E-state index in [1.54, 1.807) is 30.3 Å². The van der Waals surface area contributed by atoms with Gasteiger partial charge in [-0.25, -0.2) is 4.98 Å². The largest absolute Gasteiger partial charge is 0.371 e. The van der Waals surface area contributed by atoms with E-state index in [4.69, 9.17) is 4.74 Å². The molecule has 6 heteroatoms. The highest BCUT2D eigenvalue weighted by Crippen LogP contribution is 2.49. The minimum atomic E-state index is 0.0450. The molecule has 1 amide bonds. The monoisotopic (exact) mass is 323 g/mol. The summed E-state index contributed by atoms with van der Waals surface area (Å²) in [5.74, 6) is 0.755. The summed E-state index contributed by atoms with van der Waals surface area (Å²) in [6.07, 6.45) is 5.69. The zero-order chi connectivity index (χ0) is 15.6. The van der Waals surface area contributed by atoms with Crippen LogP contribution in [0.1, 0.15) is 24.3 Å². The van der Waals surface area contributed by atoms with Crippen molar-refractivity contribution in [2.45, 2.75) is 25.8 Å². The van der Waals surface area contributed by atoms with Crippen LogP contribution in [0.2, 0.25) is 0 Å². The summed E-state index contributed by atoms with van der Waals surface area (Å²) in [7, 11) is 3.54. The summed E-state index contributed by atoms with van der Waals surface area (Å²) in [5, 5.41) is 3.23. The van der Waals surface area contributed by atoms with Gasteiger partial charge in [0, 0.05) is 44.2 Å². The van der Waals surface area contributed by atoms with Crippen LogP contribution >= 0.6 is 11.3 Å². The Morgan fingerprint density at radius 3 is 3.18 bits per heavy atom. The van der Waals surface area contributed by atoms with Gasteiger partial charge in [-0.05, 0) is 18.8 Å². The number of aromatic nitrogens is 1. The van der Waals surface area contributed by atoms with Gasteiger partial charge in [-0.1, -0.05) is 6.42 Å². The van der Waals surface area contributed by atoms with Gasteiger partial charge in [0.25, 0.3) is 0 Å². The maximum absolute atomic E-state index is 11.7. The van der Waals surface area contributed by atoms with Gasteiger partial charge in [0.2, 0.25) is 5.91 Å². The molecule has 1 aliphatic carbocycles. The van der Waals surface area contributed by atoms with Crippen molar-refractivity contribution in [1.82, 2.24) is 14.8 Å². The lowest BCUT2D eigenvalue weighted by molar-refractivity contribution is -0.135. The number of nitrogens with zero attached hydrogens (tertiary/aromatic N) is 3. The molecule has 0 unspecified atom stereocenters. The van der Waals surface area contributed by atoms with E-state index >= 15 is 0 Å². The molecule has 2 heterocycles. The van der Waals surface area contributed by atoms with Gasteiger partial charge in [0.1, 0.15) is 11.6 Å². The lowest BCUT2D eigenvalue weighted by Crippen LogP contribution is -2.34. The Kier molecular flexibility index (Phi) is 4.80. The Balaban J connectivity index is 1.55. The maximum Gasteiger partial charge on any atom is 0.248 e. The minimum Gasteiger partial charge on any atom is -0.371 e. The first-order valence-electron chi connectivity index (χ1n) is 7.98. The lowest BCUT2D eigenvalue weighted by Gasteiger charge is -2.28. The molecule has 0 N–H and O–H groups in total. The first-order valence-corrected chi connectivity index (χ1v) is 8.86. The Hall–Kier alpha value is -0.980. The van der Waals surface area contributed by atoms with Crippen LogP contribution in [0, 0.1) is 11.3 Å². The molecule has 2 aliphatic rings. The van der Waals surface area contributed by atoms with E-state index < -0.39 is 0 Å². The topological polar surface area (TPSA) is 45.7 Å². The summed E-state index contributed by atoms with van der Waals surface area (Å²) in [5.41, 5.74) is 0.254. The number of hydrogen-bond donors (Lipinski definition) is 0. The number of carbonyl (C=O) groups excluding carboxylic acids is 1. The van der Waals surface area contributed by atoms with Crippen LogP contribution in [-0.4, -0.2) is 61.1 Å². The molecule has 122 valence electrons. The van der Waals surface area contributed by atoms with E-state index in [9.17, 15) is 4.79 Å². The van der Waals surface area contributed by atoms with Gasteiger partial charge in [-0.2, -0.15) is 0 Å². The van der Waals surface area contributed by atoms with Crippen LogP contribution in [0.3, 0.4) is 0 Å². The predicted octanol–water partition coefficient (Wildman–Crippen LogP) is 1.85. The van der Waals surface area contributed by atoms with Crippen molar-refractivity contribution in [3.05, 3.63) is 16.6 Å². The number of ether oxygens (including phenoxy) is 1. The fourth-order valence-corrected chi connectivity index (χ4v) is 4.53. The minimum absolute atomic E-state index is 0.0450. The zero-order valence-electron chi connectivity index (χ0n) is 13.5. The molecule has 1 aromatic rings. The SMILES string of the molecule is CN(C)C(=O)COC[C@@]12CCC[C@@H]1CN(Cc1nccs1)C2. The second-order valence-corrected chi connectivity index (χ2v) is 7.81. The van der Waals surface area contributed by atoms with Crippen molar-refractivity contribution >= 4 is 17.2 Å². The Morgan fingerprint density at radius 2 is 2.45 bits per heavy atom. The van der Waals surface area contributed by atoms with Crippen molar-refractivity contribution in [2.75, 3.05) is 40.4 Å². The van der Waals surface area contributed by atoms with Crippen molar-refractivity contribution in [3.8, 4) is 0 Å². The molecule has 1 aliphatic heterocycles. The van der Waals surface area contributed by atoms with E-state index in [0.29, 0.717) is 12.5 Å². The highest BCUT2D eigenvalue weighted by molar-refractivity contribution is 7.09. The Bertz CT molecular complexity index is 505. The molecule has 5 nitrogen and oxygen atoms in total. The summed E-state index contributed by atoms with van der Waals surface area (Å²) >= 11 is 1.73. The smallest absolute Gasteiger partial charge is 0.248 e. The Labute approximate surface area is 136 Å². The molecule has 3 rings (SSSR count). The molecule has 1 aromatic heterocycles. The average molecular weight is 323 g/mol. The number of carbonyl (C=O) groups is 1. The molecule has 1 saturated heterocycles. The molecular formula is C16H25N3O2S. The molecule has 22 heavy (non-hydrogen) atoms. The number of likely N-dealkylation sites (N-methyl/N-ethyl adjacent to an activating group) is 1. The van der Waals surface area contributed by atoms with Crippen LogP contribution < -0.4 is 0 Å². The molecule has 2 fully saturated rings. The number of likely N-dealkylation sites (tertiary alicyclic amines) is 1. The number of hydrogen-bond acceptors (Lipinski definition) is 5. The van der Waals surface area contributed by atoms with E-state index in [1.807, 2.05) is 11.6 Å². The predicted molar refractivity (Wildman–Crippen MR) is 86.7 cm³/mol. The number of fused-ring (bicyclic) bond motifs is 1. The van der Waals surface area contributed by atoms with Gasteiger partial charge in [0.15, 0.2) is 0 Å². The quantitative estimate of drug-likeness (QED) is 0.801. The van der Waals surface area contributed by atoms with Gasteiger partial charge in [-0.15, -0.1) is 11.3 Å². The van der Waals surface area contributed by atoms with E-state index in [0.717, 1.165) is 19.6 Å². The van der Waals surface area contributed by atoms with Crippen LogP contribution in [0.15, 0.2) is 11.6 Å². The average Bonchev–Trinajstić information content (AvgIpc) is 3.15. The van der Waals surface area contributed by atoms with Crippen molar-refractivity contribution < 1.29 is 9.53 Å². The third-order valence-corrected chi connectivity index (χ3v) is 5.83. The fourth-order valence-electron chi connectivity index (χ4n) is 3.87. The Morgan fingerprint density at radius 1 is 1.59 bits per heavy atom. The molecule has 0 bridgehead atoms. The van der Waals surface area contributed by atoms with Gasteiger partial charge in [0.05, 0.1) is 13.2 Å². The maximum atomic E-state index is 11.7. The highest BCUT2D eigenvalue weighted by atomic mass is 32.1. The summed E-state index contributed by atoms with van der Waals surface area (Å²) in [6, 6.07) is 0. The van der Waals surface area contributed by atoms with Gasteiger partial charge >= 0.3 is 0 Å². The fraction of sp³-hybridized carbons (Fsp3) is 0.750. The zero-order valence-corrected chi connectivity index (χ0v) is 14.3. The second kappa shape index (κ2) is 6.64. The first kappa shape index (κ1) is 15.9. The summed E-state index contributed by atoms with van der Waals surface area (Å²) < 4.78 is 5.80. The van der Waals surface area contributed by atoms with Crippen molar-refractivity contribution in [2.24, 2.45) is 11.3 Å². The summed E-state index contributed by atoms with van der Waals surface area (Å²) in [4.78, 5) is 20.2. The van der Waals surface area contributed by atoms with Gasteiger partial charge < -0.3 is 9.64 Å². The van der Waals surface area contributed by atoms with Crippen LogP contribution in [-0.2, 0) is 16.1 Å². The highest BCUT2D eigenvalue weighted by Gasteiger charge is 2.49. The number of thiazole rings is 1. The van der Waals surface area contributed by atoms with E-state index in [1.165, 1.54) is 24.3 Å². The van der Waals surface area contributed by atoms with E-state index in [2.05, 4.69) is 9.88 Å². The van der Waals surface area contributed by atoms with Gasteiger partial charge in [-0.3, -0.25) is 9.69 Å². The lowest BCUT2D eigenvalue weighted by atomic mass is 9.82. The van der Waals surface area contributed by atoms with Crippen LogP contribution in [0.4, 0.5) is 0 Å². The molecular weight excluding hydrogens is 298 g/mol. The number of rotatable bonds is 6. The normalized spacial score (nSPS) is 28.0. The van der Waals surface area contributed by atoms with Crippen LogP contribution in [0.5, 0.6) is 0 Å².